The molecule has 4 aromatic rings. The van der Waals surface area contributed by atoms with Gasteiger partial charge in [-0.15, -0.1) is 0 Å². The first-order chi connectivity index (χ1) is 15.7. The zero-order valence-corrected chi connectivity index (χ0v) is 18.2. The number of nitrogens with one attached hydrogen (secondary N) is 2. The Balaban J connectivity index is 1.35. The van der Waals surface area contributed by atoms with Gasteiger partial charge in [-0.1, -0.05) is 30.3 Å². The molecule has 0 bridgehead atoms. The van der Waals surface area contributed by atoms with Crippen molar-refractivity contribution in [2.75, 3.05) is 11.9 Å². The van der Waals surface area contributed by atoms with E-state index in [0.717, 1.165) is 36.2 Å². The van der Waals surface area contributed by atoms with Gasteiger partial charge >= 0.3 is 5.97 Å². The first-order valence-corrected chi connectivity index (χ1v) is 10.9. The van der Waals surface area contributed by atoms with Crippen LogP contribution in [0.4, 0.5) is 11.4 Å². The second-order valence-electron chi connectivity index (χ2n) is 7.58. The summed E-state index contributed by atoms with van der Waals surface area (Å²) in [5, 5.41) is 4.72. The van der Waals surface area contributed by atoms with Gasteiger partial charge in [-0.2, -0.15) is 0 Å². The first-order valence-electron chi connectivity index (χ1n) is 10.9. The number of aromatic amines is 1. The molecule has 0 saturated carbocycles. The molecule has 2 N–H and O–H groups in total. The second kappa shape index (κ2) is 10.4. The normalized spacial score (nSPS) is 11.2. The molecule has 0 unspecified atom stereocenters. The van der Waals surface area contributed by atoms with Crippen LogP contribution >= 0.6 is 0 Å². The summed E-state index contributed by atoms with van der Waals surface area (Å²) < 4.78 is 4.94. The maximum Gasteiger partial charge on any atom is 0.330 e. The highest BCUT2D eigenvalue weighted by molar-refractivity contribution is 5.88. The minimum atomic E-state index is -0.362. The Morgan fingerprint density at radius 2 is 1.94 bits per heavy atom. The summed E-state index contributed by atoms with van der Waals surface area (Å²) in [6.07, 6.45) is 11.9. The molecular formula is C27H27N3O2. The Morgan fingerprint density at radius 3 is 2.78 bits per heavy atom. The molecule has 4 rings (SSSR count). The van der Waals surface area contributed by atoms with Gasteiger partial charge in [0.05, 0.1) is 6.61 Å². The highest BCUT2D eigenvalue weighted by Crippen LogP contribution is 2.23. The number of H-pyrrole nitrogens is 1. The van der Waals surface area contributed by atoms with Crippen molar-refractivity contribution in [2.45, 2.75) is 26.2 Å². The molecule has 0 atom stereocenters. The van der Waals surface area contributed by atoms with Gasteiger partial charge in [-0.05, 0) is 67.7 Å². The van der Waals surface area contributed by atoms with Crippen molar-refractivity contribution in [1.29, 1.82) is 0 Å². The number of aromatic nitrogens is 2. The lowest BCUT2D eigenvalue weighted by atomic mass is 10.0. The number of ether oxygens (including phenoxy) is 1. The minimum Gasteiger partial charge on any atom is -0.463 e. The van der Waals surface area contributed by atoms with E-state index in [1.54, 1.807) is 25.4 Å². The molecule has 0 aliphatic carbocycles. The van der Waals surface area contributed by atoms with Crippen LogP contribution in [-0.2, 0) is 22.4 Å². The number of benzene rings is 2. The molecule has 5 heteroatoms. The van der Waals surface area contributed by atoms with E-state index in [9.17, 15) is 4.79 Å². The van der Waals surface area contributed by atoms with Crippen LogP contribution in [0.1, 0.15) is 30.0 Å². The van der Waals surface area contributed by atoms with Gasteiger partial charge in [0.25, 0.3) is 0 Å². The number of rotatable bonds is 9. The van der Waals surface area contributed by atoms with Crippen molar-refractivity contribution >= 4 is 34.3 Å². The van der Waals surface area contributed by atoms with Crippen LogP contribution in [0, 0.1) is 0 Å². The number of aryl methyl sites for hydroxylation is 2. The number of esters is 1. The summed E-state index contributed by atoms with van der Waals surface area (Å²) in [6, 6.07) is 18.8. The summed E-state index contributed by atoms with van der Waals surface area (Å²) in [4.78, 5) is 19.1. The van der Waals surface area contributed by atoms with Crippen LogP contribution in [0.5, 0.6) is 0 Å². The number of hydrogen-bond acceptors (Lipinski definition) is 4. The van der Waals surface area contributed by atoms with E-state index in [1.165, 1.54) is 28.1 Å². The average molecular weight is 426 g/mol. The molecule has 0 amide bonds. The number of nitrogens with zero attached hydrogens (tertiary/aromatic N) is 1. The van der Waals surface area contributed by atoms with Crippen LogP contribution < -0.4 is 5.32 Å². The molecule has 0 radical (unpaired) electrons. The third-order valence-corrected chi connectivity index (χ3v) is 5.36. The molecular weight excluding hydrogens is 398 g/mol. The standard InChI is InChI=1S/C27H27N3O2/c1-2-32-27(31)15-12-22-18-28-17-16-25(22)30-23-13-10-20(11-14-23)6-5-7-21-19-29-26-9-4-3-8-24(21)26/h3-4,8-19,29H,2,5-7H2,1H3,(H,28,30)/b15-12+. The Hall–Kier alpha value is -3.86. The fourth-order valence-corrected chi connectivity index (χ4v) is 3.73. The third kappa shape index (κ3) is 5.43. The van der Waals surface area contributed by atoms with Gasteiger partial charge in [-0.3, -0.25) is 4.98 Å². The highest BCUT2D eigenvalue weighted by Gasteiger charge is 2.04. The lowest BCUT2D eigenvalue weighted by molar-refractivity contribution is -0.137. The van der Waals surface area contributed by atoms with Crippen molar-refractivity contribution in [3.05, 3.63) is 96.0 Å². The molecule has 0 fully saturated rings. The maximum atomic E-state index is 11.6. The van der Waals surface area contributed by atoms with Gasteiger partial charge < -0.3 is 15.0 Å². The number of anilines is 2. The number of carbonyl (C=O) groups is 1. The van der Waals surface area contributed by atoms with Crippen molar-refractivity contribution in [3.8, 4) is 0 Å². The smallest absolute Gasteiger partial charge is 0.330 e. The number of pyridine rings is 1. The summed E-state index contributed by atoms with van der Waals surface area (Å²) in [5.41, 5.74) is 6.58. The molecule has 32 heavy (non-hydrogen) atoms. The number of hydrogen-bond donors (Lipinski definition) is 2. The van der Waals surface area contributed by atoms with Crippen molar-refractivity contribution in [3.63, 3.8) is 0 Å². The number of para-hydroxylation sites is 1. The molecule has 5 nitrogen and oxygen atoms in total. The second-order valence-corrected chi connectivity index (χ2v) is 7.58. The van der Waals surface area contributed by atoms with Crippen LogP contribution in [0.25, 0.3) is 17.0 Å². The fourth-order valence-electron chi connectivity index (χ4n) is 3.73. The third-order valence-electron chi connectivity index (χ3n) is 5.36. The summed E-state index contributed by atoms with van der Waals surface area (Å²) in [5.74, 6) is -0.362. The van der Waals surface area contributed by atoms with Gasteiger partial charge in [0, 0.05) is 52.5 Å². The van der Waals surface area contributed by atoms with Crippen molar-refractivity contribution in [1.82, 2.24) is 9.97 Å². The van der Waals surface area contributed by atoms with Gasteiger partial charge in [-0.25, -0.2) is 4.79 Å². The summed E-state index contributed by atoms with van der Waals surface area (Å²) in [6.45, 7) is 2.14. The first kappa shape index (κ1) is 21.4. The lowest BCUT2D eigenvalue weighted by Gasteiger charge is -2.10. The van der Waals surface area contributed by atoms with Crippen LogP contribution in [-0.4, -0.2) is 22.5 Å². The van der Waals surface area contributed by atoms with Gasteiger partial charge in [0.1, 0.15) is 0 Å². The van der Waals surface area contributed by atoms with E-state index >= 15 is 0 Å². The van der Waals surface area contributed by atoms with E-state index in [2.05, 4.69) is 70.0 Å². The quantitative estimate of drug-likeness (QED) is 0.253. The van der Waals surface area contributed by atoms with Crippen molar-refractivity contribution in [2.24, 2.45) is 0 Å². The topological polar surface area (TPSA) is 67.0 Å². The number of carbonyl (C=O) groups excluding carboxylic acids is 1. The molecule has 2 heterocycles. The van der Waals surface area contributed by atoms with E-state index in [4.69, 9.17) is 4.74 Å². The van der Waals surface area contributed by atoms with Crippen LogP contribution in [0.15, 0.2) is 79.3 Å². The Labute approximate surface area is 188 Å². The minimum absolute atomic E-state index is 0.357. The average Bonchev–Trinajstić information content (AvgIpc) is 3.23. The van der Waals surface area contributed by atoms with E-state index < -0.39 is 0 Å². The monoisotopic (exact) mass is 425 g/mol. The SMILES string of the molecule is CCOC(=O)/C=C/c1cnccc1Nc1ccc(CCCc2c[nH]c3ccccc23)cc1. The molecule has 0 aliphatic heterocycles. The molecule has 0 aliphatic rings. The van der Waals surface area contributed by atoms with E-state index in [1.807, 2.05) is 6.07 Å². The largest absolute Gasteiger partial charge is 0.463 e. The summed E-state index contributed by atoms with van der Waals surface area (Å²) >= 11 is 0. The van der Waals surface area contributed by atoms with Gasteiger partial charge in [0.15, 0.2) is 0 Å². The predicted octanol–water partition coefficient (Wildman–Crippen LogP) is 6.06. The van der Waals surface area contributed by atoms with Crippen molar-refractivity contribution < 1.29 is 9.53 Å². The van der Waals surface area contributed by atoms with Crippen LogP contribution in [0.2, 0.25) is 0 Å². The summed E-state index contributed by atoms with van der Waals surface area (Å²) in [7, 11) is 0. The zero-order valence-electron chi connectivity index (χ0n) is 18.2. The van der Waals surface area contributed by atoms with Gasteiger partial charge in [0.2, 0.25) is 0 Å². The van der Waals surface area contributed by atoms with E-state index in [-0.39, 0.29) is 5.97 Å². The maximum absolute atomic E-state index is 11.6. The molecule has 0 spiro atoms. The lowest BCUT2D eigenvalue weighted by Crippen LogP contribution is -1.99. The number of fused-ring (bicyclic) bond motifs is 1. The zero-order chi connectivity index (χ0) is 22.2. The Bertz CT molecular complexity index is 1210. The Morgan fingerprint density at radius 1 is 1.09 bits per heavy atom. The molecule has 162 valence electrons. The molecule has 2 aromatic carbocycles. The Kier molecular flexibility index (Phi) is 6.98. The fraction of sp³-hybridized carbons (Fsp3) is 0.185. The highest BCUT2D eigenvalue weighted by atomic mass is 16.5. The molecule has 2 aromatic heterocycles. The van der Waals surface area contributed by atoms with Crippen LogP contribution in [0.3, 0.4) is 0 Å². The predicted molar refractivity (Wildman–Crippen MR) is 130 cm³/mol. The molecule has 0 saturated heterocycles. The van der Waals surface area contributed by atoms with E-state index in [0.29, 0.717) is 6.61 Å².